The lowest BCUT2D eigenvalue weighted by molar-refractivity contribution is 0.666. The van der Waals surface area contributed by atoms with Crippen molar-refractivity contribution >= 4 is 54.3 Å². The maximum Gasteiger partial charge on any atom is 0.136 e. The Morgan fingerprint density at radius 3 is 1.93 bits per heavy atom. The molecule has 0 saturated carbocycles. The van der Waals surface area contributed by atoms with Gasteiger partial charge in [0.05, 0.1) is 0 Å². The van der Waals surface area contributed by atoms with Gasteiger partial charge in [-0.05, 0) is 101 Å². The molecule has 8 aromatic carbocycles. The van der Waals surface area contributed by atoms with E-state index in [1.807, 2.05) is 0 Å². The summed E-state index contributed by atoms with van der Waals surface area (Å²) in [4.78, 5) is 0. The Morgan fingerprint density at radius 1 is 0.413 bits per heavy atom. The van der Waals surface area contributed by atoms with Gasteiger partial charge in [-0.2, -0.15) is 0 Å². The highest BCUT2D eigenvalue weighted by molar-refractivity contribution is 6.16. The molecule has 0 N–H and O–H groups in total. The number of hydrogen-bond donors (Lipinski definition) is 0. The normalized spacial score (nSPS) is 13.6. The average molecular weight is 587 g/mol. The summed E-state index contributed by atoms with van der Waals surface area (Å²) in [7, 11) is 0. The summed E-state index contributed by atoms with van der Waals surface area (Å²) < 4.78 is 6.43. The average Bonchev–Trinajstić information content (AvgIpc) is 3.57. The van der Waals surface area contributed by atoms with E-state index in [9.17, 15) is 0 Å². The van der Waals surface area contributed by atoms with E-state index >= 15 is 0 Å². The third-order valence-electron chi connectivity index (χ3n) is 10.4. The fourth-order valence-corrected chi connectivity index (χ4v) is 8.30. The molecule has 46 heavy (non-hydrogen) atoms. The molecule has 1 aliphatic rings. The molecule has 9 aromatic rings. The van der Waals surface area contributed by atoms with E-state index in [1.165, 1.54) is 87.6 Å². The Kier molecular flexibility index (Phi) is 5.12. The second-order valence-electron chi connectivity index (χ2n) is 13.3. The zero-order chi connectivity index (χ0) is 30.6. The highest BCUT2D eigenvalue weighted by Crippen LogP contribution is 2.53. The zero-order valence-corrected chi connectivity index (χ0v) is 25.8. The standard InChI is InChI=1S/C45H30O/c1-45(2)40-25-30(32-15-9-19-41-43(32)39-24-28-11-3-4-12-29(28)26-42(39)46-41)20-21-36(40)38-23-22-35-34(17-8-18-37(35)44(38)45)33-16-7-13-27-10-5-6-14-31(27)33/h3-26H,1-2H3. The van der Waals surface area contributed by atoms with Crippen LogP contribution in [0.1, 0.15) is 25.0 Å². The summed E-state index contributed by atoms with van der Waals surface area (Å²) in [6.45, 7) is 4.79. The van der Waals surface area contributed by atoms with E-state index in [0.29, 0.717) is 0 Å². The van der Waals surface area contributed by atoms with Gasteiger partial charge in [0, 0.05) is 16.2 Å². The molecule has 0 bridgehead atoms. The van der Waals surface area contributed by atoms with E-state index in [-0.39, 0.29) is 5.41 Å². The van der Waals surface area contributed by atoms with Crippen molar-refractivity contribution in [3.05, 3.63) is 157 Å². The molecule has 0 fully saturated rings. The van der Waals surface area contributed by atoms with Gasteiger partial charge in [0.2, 0.25) is 0 Å². The lowest BCUT2D eigenvalue weighted by Gasteiger charge is -2.24. The third kappa shape index (κ3) is 3.46. The minimum absolute atomic E-state index is 0.167. The van der Waals surface area contributed by atoms with Gasteiger partial charge in [0.1, 0.15) is 11.2 Å². The van der Waals surface area contributed by atoms with Crippen LogP contribution in [0.25, 0.3) is 87.6 Å². The van der Waals surface area contributed by atoms with Crippen molar-refractivity contribution in [2.24, 2.45) is 0 Å². The Balaban J connectivity index is 1.16. The van der Waals surface area contributed by atoms with Crippen molar-refractivity contribution in [2.45, 2.75) is 19.3 Å². The lowest BCUT2D eigenvalue weighted by Crippen LogP contribution is -2.15. The largest absolute Gasteiger partial charge is 0.456 e. The van der Waals surface area contributed by atoms with E-state index in [1.54, 1.807) is 0 Å². The quantitative estimate of drug-likeness (QED) is 0.196. The van der Waals surface area contributed by atoms with E-state index in [2.05, 4.69) is 159 Å². The van der Waals surface area contributed by atoms with E-state index < -0.39 is 0 Å². The Hall–Kier alpha value is -5.66. The second-order valence-corrected chi connectivity index (χ2v) is 13.3. The molecular formula is C45H30O. The smallest absolute Gasteiger partial charge is 0.136 e. The number of rotatable bonds is 2. The molecule has 1 nitrogen and oxygen atoms in total. The fraction of sp³-hybridized carbons (Fsp3) is 0.0667. The SMILES string of the molecule is CC1(C)c2cc(-c3cccc4oc5cc6ccccc6cc5c34)ccc2-c2ccc3c(-c4cccc5ccccc45)cccc3c21. The van der Waals surface area contributed by atoms with E-state index in [0.717, 1.165) is 11.2 Å². The molecule has 1 heterocycles. The number of benzene rings is 8. The fourth-order valence-electron chi connectivity index (χ4n) is 8.30. The van der Waals surface area contributed by atoms with Crippen LogP contribution < -0.4 is 0 Å². The topological polar surface area (TPSA) is 13.1 Å². The molecule has 0 saturated heterocycles. The van der Waals surface area contributed by atoms with Gasteiger partial charge in [-0.1, -0.05) is 135 Å². The maximum absolute atomic E-state index is 6.43. The number of furan rings is 1. The van der Waals surface area contributed by atoms with Crippen molar-refractivity contribution in [1.29, 1.82) is 0 Å². The minimum atomic E-state index is -0.167. The summed E-state index contributed by atoms with van der Waals surface area (Å²) >= 11 is 0. The van der Waals surface area contributed by atoms with Crippen LogP contribution in [0.3, 0.4) is 0 Å². The van der Waals surface area contributed by atoms with E-state index in [4.69, 9.17) is 4.42 Å². The third-order valence-corrected chi connectivity index (χ3v) is 10.4. The van der Waals surface area contributed by atoms with Crippen molar-refractivity contribution in [3.63, 3.8) is 0 Å². The molecule has 0 unspecified atom stereocenters. The first-order valence-corrected chi connectivity index (χ1v) is 16.1. The van der Waals surface area contributed by atoms with Gasteiger partial charge >= 0.3 is 0 Å². The van der Waals surface area contributed by atoms with Gasteiger partial charge in [-0.25, -0.2) is 0 Å². The molecule has 0 atom stereocenters. The van der Waals surface area contributed by atoms with Crippen LogP contribution >= 0.6 is 0 Å². The molecule has 0 radical (unpaired) electrons. The van der Waals surface area contributed by atoms with Crippen LogP contribution in [-0.2, 0) is 5.41 Å². The Labute approximate surface area is 267 Å². The van der Waals surface area contributed by atoms with Crippen molar-refractivity contribution in [2.75, 3.05) is 0 Å². The predicted molar refractivity (Wildman–Crippen MR) is 195 cm³/mol. The first-order valence-electron chi connectivity index (χ1n) is 16.1. The van der Waals surface area contributed by atoms with Gasteiger partial charge in [-0.3, -0.25) is 0 Å². The predicted octanol–water partition coefficient (Wildman–Crippen LogP) is 12.7. The van der Waals surface area contributed by atoms with Gasteiger partial charge in [0.25, 0.3) is 0 Å². The Morgan fingerprint density at radius 2 is 1.07 bits per heavy atom. The summed E-state index contributed by atoms with van der Waals surface area (Å²) in [6.07, 6.45) is 0. The molecule has 216 valence electrons. The summed E-state index contributed by atoms with van der Waals surface area (Å²) in [6, 6.07) is 53.4. The van der Waals surface area contributed by atoms with Gasteiger partial charge in [-0.15, -0.1) is 0 Å². The highest BCUT2D eigenvalue weighted by Gasteiger charge is 2.37. The first-order chi connectivity index (χ1) is 22.6. The molecule has 0 amide bonds. The van der Waals surface area contributed by atoms with Crippen molar-refractivity contribution in [3.8, 4) is 33.4 Å². The highest BCUT2D eigenvalue weighted by atomic mass is 16.3. The number of fused-ring (bicyclic) bond motifs is 10. The summed E-state index contributed by atoms with van der Waals surface area (Å²) in [5.41, 5.74) is 12.2. The number of hydrogen-bond acceptors (Lipinski definition) is 1. The molecule has 1 aliphatic carbocycles. The Bertz CT molecular complexity index is 2720. The lowest BCUT2D eigenvalue weighted by atomic mass is 9.79. The molecule has 10 rings (SSSR count). The molecular weight excluding hydrogens is 556 g/mol. The summed E-state index contributed by atoms with van der Waals surface area (Å²) in [5, 5.41) is 9.98. The maximum atomic E-state index is 6.43. The van der Waals surface area contributed by atoms with Crippen molar-refractivity contribution in [1.82, 2.24) is 0 Å². The van der Waals surface area contributed by atoms with Gasteiger partial charge < -0.3 is 4.42 Å². The minimum Gasteiger partial charge on any atom is -0.456 e. The van der Waals surface area contributed by atoms with Crippen LogP contribution in [0.2, 0.25) is 0 Å². The van der Waals surface area contributed by atoms with Crippen LogP contribution in [0.15, 0.2) is 150 Å². The van der Waals surface area contributed by atoms with Crippen LogP contribution in [-0.4, -0.2) is 0 Å². The van der Waals surface area contributed by atoms with Crippen LogP contribution in [0.4, 0.5) is 0 Å². The summed E-state index contributed by atoms with van der Waals surface area (Å²) in [5.74, 6) is 0. The molecule has 1 aromatic heterocycles. The molecule has 0 aliphatic heterocycles. The molecule has 0 spiro atoms. The first kappa shape index (κ1) is 25.6. The van der Waals surface area contributed by atoms with Gasteiger partial charge in [0.15, 0.2) is 0 Å². The second kappa shape index (κ2) is 9.19. The van der Waals surface area contributed by atoms with Crippen LogP contribution in [0.5, 0.6) is 0 Å². The van der Waals surface area contributed by atoms with Crippen LogP contribution in [0, 0.1) is 0 Å². The van der Waals surface area contributed by atoms with Crippen molar-refractivity contribution < 1.29 is 4.42 Å². The monoisotopic (exact) mass is 586 g/mol. The molecule has 1 heteroatoms. The zero-order valence-electron chi connectivity index (χ0n) is 25.8.